The van der Waals surface area contributed by atoms with Gasteiger partial charge in [0.05, 0.1) is 6.10 Å². The molecule has 2 fully saturated rings. The molecule has 22 heavy (non-hydrogen) atoms. The van der Waals surface area contributed by atoms with Crippen LogP contribution in [0.5, 0.6) is 0 Å². The molecule has 0 radical (unpaired) electrons. The van der Waals surface area contributed by atoms with Crippen LogP contribution >= 0.6 is 0 Å². The highest BCUT2D eigenvalue weighted by molar-refractivity contribution is 5.81. The second-order valence-corrected chi connectivity index (χ2v) is 6.70. The Kier molecular flexibility index (Phi) is 4.98. The van der Waals surface area contributed by atoms with Crippen LogP contribution in [0.4, 0.5) is 5.69 Å². The maximum atomic E-state index is 12.2. The summed E-state index contributed by atoms with van der Waals surface area (Å²) in [5.41, 5.74) is 1.14. The van der Waals surface area contributed by atoms with Crippen molar-refractivity contribution in [1.82, 2.24) is 5.32 Å². The fraction of sp³-hybridized carbons (Fsp3) is 0.611. The molecule has 0 heterocycles. The number of rotatable bonds is 6. The highest BCUT2D eigenvalue weighted by Gasteiger charge is 2.42. The Morgan fingerprint density at radius 1 is 1.14 bits per heavy atom. The lowest BCUT2D eigenvalue weighted by atomic mass is 9.93. The van der Waals surface area contributed by atoms with Crippen LogP contribution in [0, 0.1) is 11.8 Å². The zero-order chi connectivity index (χ0) is 15.4. The predicted molar refractivity (Wildman–Crippen MR) is 87.6 cm³/mol. The molecule has 3 N–H and O–H groups in total. The van der Waals surface area contributed by atoms with Crippen LogP contribution < -0.4 is 10.6 Å². The first kappa shape index (κ1) is 15.3. The molecule has 0 saturated heterocycles. The Hall–Kier alpha value is -1.55. The highest BCUT2D eigenvalue weighted by atomic mass is 16.3. The molecular formula is C18H26N2O2. The lowest BCUT2D eigenvalue weighted by Crippen LogP contribution is -2.39. The van der Waals surface area contributed by atoms with Crippen molar-refractivity contribution < 1.29 is 9.90 Å². The van der Waals surface area contributed by atoms with E-state index in [0.29, 0.717) is 5.92 Å². The van der Waals surface area contributed by atoms with Crippen molar-refractivity contribution in [2.75, 3.05) is 11.9 Å². The normalized spacial score (nSPS) is 30.6. The summed E-state index contributed by atoms with van der Waals surface area (Å²) in [4.78, 5) is 12.2. The van der Waals surface area contributed by atoms with E-state index in [2.05, 4.69) is 22.8 Å². The number of carbonyl (C=O) groups excluding carboxylic acids is 1. The summed E-state index contributed by atoms with van der Waals surface area (Å²) in [5.74, 6) is 0.973. The van der Waals surface area contributed by atoms with Crippen LogP contribution in [0.2, 0.25) is 0 Å². The van der Waals surface area contributed by atoms with Gasteiger partial charge in [-0.15, -0.1) is 0 Å². The minimum Gasteiger partial charge on any atom is -0.393 e. The first-order valence-electron chi connectivity index (χ1n) is 8.49. The Morgan fingerprint density at radius 3 is 2.59 bits per heavy atom. The van der Waals surface area contributed by atoms with Crippen LogP contribution in [0.15, 0.2) is 30.3 Å². The number of amides is 1. The summed E-state index contributed by atoms with van der Waals surface area (Å²) < 4.78 is 0. The molecule has 2 saturated carbocycles. The number of benzene rings is 1. The Bertz CT molecular complexity index is 483. The van der Waals surface area contributed by atoms with Crippen LogP contribution in [-0.4, -0.2) is 29.7 Å². The second-order valence-electron chi connectivity index (χ2n) is 6.70. The van der Waals surface area contributed by atoms with Crippen molar-refractivity contribution in [3.8, 4) is 0 Å². The molecule has 1 aromatic rings. The average Bonchev–Trinajstić information content (AvgIpc) is 3.30. The van der Waals surface area contributed by atoms with Gasteiger partial charge in [0.1, 0.15) is 0 Å². The molecule has 0 unspecified atom stereocenters. The van der Waals surface area contributed by atoms with Gasteiger partial charge in [-0.05, 0) is 56.6 Å². The number of carbonyl (C=O) groups is 1. The predicted octanol–water partition coefficient (Wildman–Crippen LogP) is 2.54. The molecule has 0 bridgehead atoms. The molecule has 2 aliphatic carbocycles. The molecule has 0 aliphatic heterocycles. The van der Waals surface area contributed by atoms with Gasteiger partial charge in [-0.3, -0.25) is 4.79 Å². The number of anilines is 1. The van der Waals surface area contributed by atoms with E-state index < -0.39 is 0 Å². The first-order valence-corrected chi connectivity index (χ1v) is 8.49. The summed E-state index contributed by atoms with van der Waals surface area (Å²) in [6, 6.07) is 10.5. The average molecular weight is 302 g/mol. The van der Waals surface area contributed by atoms with E-state index in [1.165, 1.54) is 0 Å². The number of para-hydroxylation sites is 1. The van der Waals surface area contributed by atoms with E-state index in [0.717, 1.165) is 50.8 Å². The minimum absolute atomic E-state index is 0.161. The lowest BCUT2D eigenvalue weighted by molar-refractivity contribution is -0.123. The second kappa shape index (κ2) is 7.14. The zero-order valence-corrected chi connectivity index (χ0v) is 13.0. The monoisotopic (exact) mass is 302 g/mol. The van der Waals surface area contributed by atoms with Gasteiger partial charge >= 0.3 is 0 Å². The largest absolute Gasteiger partial charge is 0.393 e. The SMILES string of the molecule is O=C(NC1CCC(O)CC1)[C@H]1C[C@H]1CCNc1ccccc1. The van der Waals surface area contributed by atoms with Gasteiger partial charge in [-0.2, -0.15) is 0 Å². The van der Waals surface area contributed by atoms with E-state index in [9.17, 15) is 9.90 Å². The summed E-state index contributed by atoms with van der Waals surface area (Å²) in [5, 5.41) is 16.1. The molecule has 0 aromatic heterocycles. The molecule has 4 nitrogen and oxygen atoms in total. The van der Waals surface area contributed by atoms with Crippen LogP contribution in [0.1, 0.15) is 38.5 Å². The topological polar surface area (TPSA) is 61.4 Å². The molecule has 1 aromatic carbocycles. The molecule has 2 aliphatic rings. The maximum Gasteiger partial charge on any atom is 0.223 e. The quantitative estimate of drug-likeness (QED) is 0.757. The van der Waals surface area contributed by atoms with Gasteiger partial charge < -0.3 is 15.7 Å². The van der Waals surface area contributed by atoms with E-state index in [1.54, 1.807) is 0 Å². The Morgan fingerprint density at radius 2 is 1.86 bits per heavy atom. The van der Waals surface area contributed by atoms with Crippen molar-refractivity contribution >= 4 is 11.6 Å². The lowest BCUT2D eigenvalue weighted by Gasteiger charge is -2.26. The Balaban J connectivity index is 1.32. The van der Waals surface area contributed by atoms with E-state index in [4.69, 9.17) is 0 Å². The fourth-order valence-electron chi connectivity index (χ4n) is 3.37. The van der Waals surface area contributed by atoms with Crippen molar-refractivity contribution in [2.24, 2.45) is 11.8 Å². The first-order chi connectivity index (χ1) is 10.7. The smallest absolute Gasteiger partial charge is 0.223 e. The third-order valence-corrected chi connectivity index (χ3v) is 4.92. The van der Waals surface area contributed by atoms with E-state index in [1.807, 2.05) is 18.2 Å². The van der Waals surface area contributed by atoms with Gasteiger partial charge in [0.15, 0.2) is 0 Å². The van der Waals surface area contributed by atoms with Crippen LogP contribution in [0.25, 0.3) is 0 Å². The van der Waals surface area contributed by atoms with Gasteiger partial charge in [0, 0.05) is 24.2 Å². The van der Waals surface area contributed by atoms with Crippen molar-refractivity contribution in [2.45, 2.75) is 50.7 Å². The summed E-state index contributed by atoms with van der Waals surface area (Å²) in [6.45, 7) is 0.925. The summed E-state index contributed by atoms with van der Waals surface area (Å²) >= 11 is 0. The molecule has 120 valence electrons. The van der Waals surface area contributed by atoms with Gasteiger partial charge in [-0.25, -0.2) is 0 Å². The van der Waals surface area contributed by atoms with Gasteiger partial charge in [0.2, 0.25) is 5.91 Å². The Labute approximate surface area is 132 Å². The fourth-order valence-corrected chi connectivity index (χ4v) is 3.37. The highest BCUT2D eigenvalue weighted by Crippen LogP contribution is 2.41. The number of hydrogen-bond acceptors (Lipinski definition) is 3. The van der Waals surface area contributed by atoms with E-state index in [-0.39, 0.29) is 24.0 Å². The zero-order valence-electron chi connectivity index (χ0n) is 13.0. The summed E-state index contributed by atoms with van der Waals surface area (Å²) in [7, 11) is 0. The number of nitrogens with one attached hydrogen (secondary N) is 2. The molecule has 4 heteroatoms. The molecule has 1 amide bonds. The van der Waals surface area contributed by atoms with Gasteiger partial charge in [0.25, 0.3) is 0 Å². The number of hydrogen-bond donors (Lipinski definition) is 3. The van der Waals surface area contributed by atoms with Crippen LogP contribution in [0.3, 0.4) is 0 Å². The number of aliphatic hydroxyl groups excluding tert-OH is 1. The van der Waals surface area contributed by atoms with E-state index >= 15 is 0 Å². The van der Waals surface area contributed by atoms with Crippen molar-refractivity contribution in [1.29, 1.82) is 0 Å². The molecule has 0 spiro atoms. The standard InChI is InChI=1S/C18H26N2O2/c21-16-8-6-15(7-9-16)20-18(22)17-12-13(17)10-11-19-14-4-2-1-3-5-14/h1-5,13,15-17,19,21H,6-12H2,(H,20,22)/t13-,15?,16?,17+/m1/s1. The maximum absolute atomic E-state index is 12.2. The van der Waals surface area contributed by atoms with Crippen molar-refractivity contribution in [3.63, 3.8) is 0 Å². The van der Waals surface area contributed by atoms with Gasteiger partial charge in [-0.1, -0.05) is 18.2 Å². The third-order valence-electron chi connectivity index (χ3n) is 4.92. The molecule has 2 atom stereocenters. The molecular weight excluding hydrogens is 276 g/mol. The molecule has 3 rings (SSSR count). The van der Waals surface area contributed by atoms with Crippen molar-refractivity contribution in [3.05, 3.63) is 30.3 Å². The number of aliphatic hydroxyl groups is 1. The van der Waals surface area contributed by atoms with Crippen LogP contribution in [-0.2, 0) is 4.79 Å². The third kappa shape index (κ3) is 4.23. The summed E-state index contributed by atoms with van der Waals surface area (Å²) in [6.07, 6.45) is 5.39. The minimum atomic E-state index is -0.161.